The lowest BCUT2D eigenvalue weighted by Gasteiger charge is -2.33. The number of carbonyl (C=O) groups excluding carboxylic acids is 3. The van der Waals surface area contributed by atoms with Gasteiger partial charge in [0.25, 0.3) is 5.72 Å². The molecule has 0 amide bonds. The minimum Gasteiger partial charge on any atom is -0.477 e. The Bertz CT molecular complexity index is 967. The van der Waals surface area contributed by atoms with Gasteiger partial charge >= 0.3 is 24.1 Å². The summed E-state index contributed by atoms with van der Waals surface area (Å²) in [5.41, 5.74) is -1.80. The van der Waals surface area contributed by atoms with Gasteiger partial charge in [-0.25, -0.2) is 9.59 Å². The van der Waals surface area contributed by atoms with Gasteiger partial charge in [-0.05, 0) is 57.2 Å². The molecule has 1 fully saturated rings. The minimum atomic E-state index is -2.16. The van der Waals surface area contributed by atoms with Crippen LogP contribution in [0.25, 0.3) is 0 Å². The first-order chi connectivity index (χ1) is 17.3. The number of carbonyl (C=O) groups is 4. The van der Waals surface area contributed by atoms with Gasteiger partial charge in [-0.1, -0.05) is 40.2 Å². The highest BCUT2D eigenvalue weighted by Gasteiger charge is 2.45. The van der Waals surface area contributed by atoms with Gasteiger partial charge in [-0.2, -0.15) is 0 Å². The van der Waals surface area contributed by atoms with Crippen LogP contribution in [0.2, 0.25) is 0 Å². The quantitative estimate of drug-likeness (QED) is 0.241. The van der Waals surface area contributed by atoms with Crippen LogP contribution in [0, 0.1) is 11.8 Å². The zero-order valence-electron chi connectivity index (χ0n) is 22.5. The van der Waals surface area contributed by atoms with Crippen molar-refractivity contribution in [3.8, 4) is 11.5 Å². The van der Waals surface area contributed by atoms with Crippen LogP contribution in [-0.2, 0) is 30.3 Å². The SMILES string of the molecule is CC(C)N[C@@](Cc1ccc(OC(=O)C(C)C)c(OC(=O)C(C)C)c1)(OC(=O)OC1CCCCC1)C(=O)O. The molecule has 0 unspecified atom stereocenters. The molecule has 1 saturated carbocycles. The fraction of sp³-hybridized carbons (Fsp3) is 0.630. The topological polar surface area (TPSA) is 137 Å². The van der Waals surface area contributed by atoms with E-state index >= 15 is 0 Å². The second-order valence-corrected chi connectivity index (χ2v) is 10.3. The van der Waals surface area contributed by atoms with Gasteiger partial charge < -0.3 is 24.1 Å². The van der Waals surface area contributed by atoms with Gasteiger partial charge in [0.15, 0.2) is 11.5 Å². The second kappa shape index (κ2) is 13.4. The predicted octanol–water partition coefficient (Wildman–Crippen LogP) is 4.62. The molecule has 10 nitrogen and oxygen atoms in total. The summed E-state index contributed by atoms with van der Waals surface area (Å²) in [7, 11) is 0. The molecule has 1 aliphatic rings. The Kier molecular flexibility index (Phi) is 10.9. The maximum atomic E-state index is 12.7. The van der Waals surface area contributed by atoms with Crippen LogP contribution < -0.4 is 14.8 Å². The number of hydrogen-bond acceptors (Lipinski definition) is 9. The van der Waals surface area contributed by atoms with Gasteiger partial charge in [0.2, 0.25) is 0 Å². The minimum absolute atomic E-state index is 0.0202. The third kappa shape index (κ3) is 9.03. The molecule has 0 spiro atoms. The van der Waals surface area contributed by atoms with E-state index in [2.05, 4.69) is 5.32 Å². The Morgan fingerprint density at radius 3 is 2.00 bits per heavy atom. The summed E-state index contributed by atoms with van der Waals surface area (Å²) < 4.78 is 21.7. The van der Waals surface area contributed by atoms with Gasteiger partial charge in [-0.15, -0.1) is 0 Å². The molecule has 1 aromatic rings. The molecule has 37 heavy (non-hydrogen) atoms. The van der Waals surface area contributed by atoms with E-state index in [1.807, 2.05) is 0 Å². The number of carboxylic acid groups (broad SMARTS) is 1. The zero-order chi connectivity index (χ0) is 27.8. The highest BCUT2D eigenvalue weighted by Crippen LogP contribution is 2.32. The lowest BCUT2D eigenvalue weighted by molar-refractivity contribution is -0.168. The summed E-state index contributed by atoms with van der Waals surface area (Å²) in [5.74, 6) is -3.41. The van der Waals surface area contributed by atoms with Crippen molar-refractivity contribution in [2.45, 2.75) is 97.9 Å². The predicted molar refractivity (Wildman–Crippen MR) is 134 cm³/mol. The van der Waals surface area contributed by atoms with Crippen molar-refractivity contribution in [3.63, 3.8) is 0 Å². The van der Waals surface area contributed by atoms with Crippen LogP contribution in [-0.4, -0.2) is 47.0 Å². The van der Waals surface area contributed by atoms with Crippen LogP contribution in [0.5, 0.6) is 11.5 Å². The van der Waals surface area contributed by atoms with E-state index in [0.29, 0.717) is 18.4 Å². The Balaban J connectivity index is 2.38. The highest BCUT2D eigenvalue weighted by molar-refractivity contribution is 5.81. The summed E-state index contributed by atoms with van der Waals surface area (Å²) in [6, 6.07) is 3.97. The Labute approximate surface area is 218 Å². The number of benzene rings is 1. The van der Waals surface area contributed by atoms with Crippen molar-refractivity contribution in [3.05, 3.63) is 23.8 Å². The molecule has 0 saturated heterocycles. The lowest BCUT2D eigenvalue weighted by atomic mass is 9.98. The van der Waals surface area contributed by atoms with Crippen LogP contribution in [0.3, 0.4) is 0 Å². The summed E-state index contributed by atoms with van der Waals surface area (Å²) in [6.07, 6.45) is 2.62. The fourth-order valence-electron chi connectivity index (χ4n) is 3.82. The largest absolute Gasteiger partial charge is 0.510 e. The number of aliphatic carboxylic acids is 1. The van der Waals surface area contributed by atoms with Gasteiger partial charge in [0, 0.05) is 12.5 Å². The van der Waals surface area contributed by atoms with E-state index in [4.69, 9.17) is 18.9 Å². The molecule has 0 radical (unpaired) electrons. The molecule has 1 aliphatic carbocycles. The standard InChI is InChI=1S/C27H39NO9/c1-16(2)23(29)35-21-13-12-19(14-22(21)36-24(30)17(3)4)15-27(25(31)32,28-18(5)6)37-26(33)34-20-10-8-7-9-11-20/h12-14,16-18,20,28H,7-11,15H2,1-6H3,(H,31,32)/t27-/m0/s1. The molecular weight excluding hydrogens is 482 g/mol. The van der Waals surface area contributed by atoms with E-state index in [9.17, 15) is 24.3 Å². The molecule has 0 aromatic heterocycles. The average molecular weight is 522 g/mol. The molecule has 0 bridgehead atoms. The third-order valence-corrected chi connectivity index (χ3v) is 5.77. The molecule has 0 heterocycles. The van der Waals surface area contributed by atoms with E-state index in [1.165, 1.54) is 18.2 Å². The third-order valence-electron chi connectivity index (χ3n) is 5.77. The van der Waals surface area contributed by atoms with E-state index in [-0.39, 0.29) is 30.1 Å². The van der Waals surface area contributed by atoms with Crippen LogP contribution in [0.15, 0.2) is 18.2 Å². The maximum Gasteiger partial charge on any atom is 0.510 e. The van der Waals surface area contributed by atoms with Gasteiger partial charge in [0.05, 0.1) is 11.8 Å². The Hall–Kier alpha value is -3.14. The molecule has 206 valence electrons. The van der Waals surface area contributed by atoms with Crippen molar-refractivity contribution >= 4 is 24.1 Å². The molecule has 10 heteroatoms. The Morgan fingerprint density at radius 2 is 1.49 bits per heavy atom. The summed E-state index contributed by atoms with van der Waals surface area (Å²) in [5, 5.41) is 13.0. The lowest BCUT2D eigenvalue weighted by Crippen LogP contribution is -2.59. The van der Waals surface area contributed by atoms with E-state index in [0.717, 1.165) is 19.3 Å². The summed E-state index contributed by atoms with van der Waals surface area (Å²) in [6.45, 7) is 10.1. The zero-order valence-corrected chi connectivity index (χ0v) is 22.5. The molecule has 2 N–H and O–H groups in total. The smallest absolute Gasteiger partial charge is 0.477 e. The first-order valence-corrected chi connectivity index (χ1v) is 12.8. The summed E-state index contributed by atoms with van der Waals surface area (Å²) >= 11 is 0. The number of hydrogen-bond donors (Lipinski definition) is 2. The Morgan fingerprint density at radius 1 is 0.919 bits per heavy atom. The van der Waals surface area contributed by atoms with Crippen LogP contribution in [0.4, 0.5) is 4.79 Å². The van der Waals surface area contributed by atoms with E-state index < -0.39 is 41.6 Å². The monoisotopic (exact) mass is 521 g/mol. The average Bonchev–Trinajstić information content (AvgIpc) is 2.80. The molecule has 1 atom stereocenters. The first kappa shape index (κ1) is 30.1. The van der Waals surface area contributed by atoms with Crippen LogP contribution >= 0.6 is 0 Å². The van der Waals surface area contributed by atoms with E-state index in [1.54, 1.807) is 41.5 Å². The first-order valence-electron chi connectivity index (χ1n) is 12.8. The van der Waals surface area contributed by atoms with Gasteiger partial charge in [-0.3, -0.25) is 14.9 Å². The van der Waals surface area contributed by atoms with Crippen LogP contribution in [0.1, 0.15) is 79.2 Å². The van der Waals surface area contributed by atoms with Gasteiger partial charge in [0.1, 0.15) is 6.10 Å². The number of esters is 2. The van der Waals surface area contributed by atoms with Crippen molar-refractivity contribution < 1.29 is 43.2 Å². The molecule has 1 aromatic carbocycles. The molecule has 0 aliphatic heterocycles. The maximum absolute atomic E-state index is 12.7. The van der Waals surface area contributed by atoms with Crippen molar-refractivity contribution in [1.29, 1.82) is 0 Å². The number of nitrogens with one attached hydrogen (secondary N) is 1. The number of ether oxygens (including phenoxy) is 4. The van der Waals surface area contributed by atoms with Crippen molar-refractivity contribution in [2.75, 3.05) is 0 Å². The molecule has 2 rings (SSSR count). The fourth-order valence-corrected chi connectivity index (χ4v) is 3.82. The number of rotatable bonds is 11. The highest BCUT2D eigenvalue weighted by atomic mass is 16.7. The summed E-state index contributed by atoms with van der Waals surface area (Å²) in [4.78, 5) is 49.6. The van der Waals surface area contributed by atoms with Crippen molar-refractivity contribution in [2.24, 2.45) is 11.8 Å². The number of carboxylic acids is 1. The normalized spacial score (nSPS) is 15.8. The second-order valence-electron chi connectivity index (χ2n) is 10.3. The van der Waals surface area contributed by atoms with Crippen molar-refractivity contribution in [1.82, 2.24) is 5.32 Å². The molecular formula is C27H39NO9.